The lowest BCUT2D eigenvalue weighted by Gasteiger charge is -2.14. The second-order valence-electron chi connectivity index (χ2n) is 5.68. The van der Waals surface area contributed by atoms with Gasteiger partial charge in [0.05, 0.1) is 10.7 Å². The van der Waals surface area contributed by atoms with Crippen LogP contribution in [0.25, 0.3) is 6.08 Å². The maximum atomic E-state index is 11.9. The number of rotatable bonds is 5. The molecule has 8 nitrogen and oxygen atoms in total. The van der Waals surface area contributed by atoms with Crippen molar-refractivity contribution in [3.05, 3.63) is 64.7 Å². The van der Waals surface area contributed by atoms with Gasteiger partial charge in [0.25, 0.3) is 17.7 Å². The molecule has 2 aromatic rings. The topological polar surface area (TPSA) is 114 Å². The average Bonchev–Trinajstić information content (AvgIpc) is 2.66. The molecule has 3 N–H and O–H groups in total. The first-order valence-electron chi connectivity index (χ1n) is 8.08. The van der Waals surface area contributed by atoms with Gasteiger partial charge >= 0.3 is 6.03 Å². The van der Waals surface area contributed by atoms with Crippen LogP contribution in [-0.4, -0.2) is 30.4 Å². The van der Waals surface area contributed by atoms with Crippen LogP contribution >= 0.6 is 11.6 Å². The highest BCUT2D eigenvalue weighted by atomic mass is 35.5. The molecule has 1 saturated heterocycles. The lowest BCUT2D eigenvalue weighted by atomic mass is 10.1. The average molecular weight is 400 g/mol. The zero-order valence-corrected chi connectivity index (χ0v) is 15.1. The van der Waals surface area contributed by atoms with Crippen molar-refractivity contribution < 1.29 is 23.9 Å². The van der Waals surface area contributed by atoms with Gasteiger partial charge in [0.2, 0.25) is 0 Å². The van der Waals surface area contributed by atoms with Crippen molar-refractivity contribution in [2.24, 2.45) is 0 Å². The Balaban J connectivity index is 1.59. The lowest BCUT2D eigenvalue weighted by molar-refractivity contribution is -0.124. The van der Waals surface area contributed by atoms with Gasteiger partial charge in [0.15, 0.2) is 6.61 Å². The summed E-state index contributed by atoms with van der Waals surface area (Å²) in [7, 11) is 0. The van der Waals surface area contributed by atoms with Crippen molar-refractivity contribution in [3.8, 4) is 5.75 Å². The normalized spacial score (nSPS) is 13.5. The van der Waals surface area contributed by atoms with Gasteiger partial charge in [-0.1, -0.05) is 35.9 Å². The first-order chi connectivity index (χ1) is 13.4. The molecule has 0 unspecified atom stereocenters. The number of amides is 5. The molecule has 9 heteroatoms. The molecule has 1 heterocycles. The van der Waals surface area contributed by atoms with E-state index in [-0.39, 0.29) is 18.1 Å². The van der Waals surface area contributed by atoms with Crippen LogP contribution in [0, 0.1) is 0 Å². The van der Waals surface area contributed by atoms with Crippen LogP contribution in [0.1, 0.15) is 5.56 Å². The molecule has 5 amide bonds. The molecule has 142 valence electrons. The van der Waals surface area contributed by atoms with Crippen LogP contribution in [-0.2, 0) is 14.4 Å². The Hall–Kier alpha value is -3.65. The second-order valence-corrected chi connectivity index (χ2v) is 6.09. The Kier molecular flexibility index (Phi) is 5.71. The summed E-state index contributed by atoms with van der Waals surface area (Å²) >= 11 is 5.97. The van der Waals surface area contributed by atoms with Crippen molar-refractivity contribution in [3.63, 3.8) is 0 Å². The monoisotopic (exact) mass is 399 g/mol. The molecule has 1 fully saturated rings. The van der Waals surface area contributed by atoms with E-state index in [1.807, 2.05) is 10.6 Å². The number of benzene rings is 2. The highest BCUT2D eigenvalue weighted by Gasteiger charge is 2.27. The third-order valence-corrected chi connectivity index (χ3v) is 3.98. The molecule has 0 saturated carbocycles. The molecular formula is C19H14ClN3O5. The number of hydrogen-bond acceptors (Lipinski definition) is 5. The Morgan fingerprint density at radius 3 is 2.29 bits per heavy atom. The Morgan fingerprint density at radius 1 is 1.00 bits per heavy atom. The van der Waals surface area contributed by atoms with Crippen LogP contribution in [0.2, 0.25) is 5.02 Å². The van der Waals surface area contributed by atoms with Crippen LogP contribution in [0.15, 0.2) is 54.1 Å². The molecule has 0 spiro atoms. The molecule has 0 bridgehead atoms. The van der Waals surface area contributed by atoms with Gasteiger partial charge in [-0.3, -0.25) is 25.0 Å². The summed E-state index contributed by atoms with van der Waals surface area (Å²) < 4.78 is 5.40. The number of anilines is 1. The van der Waals surface area contributed by atoms with E-state index in [0.717, 1.165) is 0 Å². The summed E-state index contributed by atoms with van der Waals surface area (Å²) in [5.74, 6) is -1.50. The number of carbonyl (C=O) groups is 4. The molecule has 0 aliphatic carbocycles. The number of urea groups is 1. The number of halogens is 1. The fourth-order valence-electron chi connectivity index (χ4n) is 2.33. The largest absolute Gasteiger partial charge is 0.484 e. The molecule has 0 radical (unpaired) electrons. The molecular weight excluding hydrogens is 386 g/mol. The predicted octanol–water partition coefficient (Wildman–Crippen LogP) is 2.11. The molecule has 1 aliphatic heterocycles. The van der Waals surface area contributed by atoms with E-state index in [0.29, 0.717) is 22.0 Å². The molecule has 0 aromatic heterocycles. The number of imide groups is 2. The van der Waals surface area contributed by atoms with Gasteiger partial charge in [0, 0.05) is 0 Å². The van der Waals surface area contributed by atoms with Gasteiger partial charge in [-0.05, 0) is 35.9 Å². The first-order valence-corrected chi connectivity index (χ1v) is 8.46. The first kappa shape index (κ1) is 19.1. The number of barbiturate groups is 1. The number of hydrogen-bond donors (Lipinski definition) is 3. The number of ether oxygens (including phenoxy) is 1. The van der Waals surface area contributed by atoms with Gasteiger partial charge in [-0.25, -0.2) is 4.79 Å². The Morgan fingerprint density at radius 2 is 1.64 bits per heavy atom. The minimum absolute atomic E-state index is 0.188. The van der Waals surface area contributed by atoms with Crippen molar-refractivity contribution in [1.29, 1.82) is 0 Å². The minimum atomic E-state index is -0.856. The molecule has 0 atom stereocenters. The van der Waals surface area contributed by atoms with E-state index in [2.05, 4.69) is 5.32 Å². The van der Waals surface area contributed by atoms with E-state index >= 15 is 0 Å². The summed E-state index contributed by atoms with van der Waals surface area (Å²) in [5, 5.41) is 7.04. The van der Waals surface area contributed by atoms with Crippen LogP contribution in [0.5, 0.6) is 5.75 Å². The second kappa shape index (κ2) is 8.36. The van der Waals surface area contributed by atoms with E-state index in [4.69, 9.17) is 16.3 Å². The molecule has 3 rings (SSSR count). The lowest BCUT2D eigenvalue weighted by Crippen LogP contribution is -2.51. The van der Waals surface area contributed by atoms with Crippen LogP contribution < -0.4 is 20.7 Å². The maximum absolute atomic E-state index is 11.9. The zero-order chi connectivity index (χ0) is 20.1. The van der Waals surface area contributed by atoms with Gasteiger partial charge in [0.1, 0.15) is 11.3 Å². The third kappa shape index (κ3) is 4.74. The number of carbonyl (C=O) groups excluding carboxylic acids is 4. The molecule has 28 heavy (non-hydrogen) atoms. The van der Waals surface area contributed by atoms with Crippen LogP contribution in [0.4, 0.5) is 10.5 Å². The maximum Gasteiger partial charge on any atom is 0.328 e. The van der Waals surface area contributed by atoms with Crippen molar-refractivity contribution >= 4 is 47.1 Å². The summed E-state index contributed by atoms with van der Waals surface area (Å²) in [4.78, 5) is 46.4. The number of para-hydroxylation sites is 1. The summed E-state index contributed by atoms with van der Waals surface area (Å²) in [6.07, 6.45) is 1.34. The van der Waals surface area contributed by atoms with Gasteiger partial charge in [-0.15, -0.1) is 0 Å². The van der Waals surface area contributed by atoms with Crippen LogP contribution in [0.3, 0.4) is 0 Å². The van der Waals surface area contributed by atoms with Crippen molar-refractivity contribution in [2.45, 2.75) is 0 Å². The summed E-state index contributed by atoms with van der Waals surface area (Å²) in [6, 6.07) is 12.4. The fourth-order valence-corrected chi connectivity index (χ4v) is 2.51. The Bertz CT molecular complexity index is 963. The molecule has 2 aromatic carbocycles. The third-order valence-electron chi connectivity index (χ3n) is 3.65. The zero-order valence-electron chi connectivity index (χ0n) is 14.3. The van der Waals surface area contributed by atoms with E-state index in [9.17, 15) is 19.2 Å². The Labute approximate surface area is 164 Å². The SMILES string of the molecule is O=C(COc1ccc(C=C2C(=O)NC(=O)NC2=O)cc1)Nc1ccccc1Cl. The quantitative estimate of drug-likeness (QED) is 0.526. The van der Waals surface area contributed by atoms with E-state index in [1.54, 1.807) is 48.5 Å². The highest BCUT2D eigenvalue weighted by molar-refractivity contribution is 6.33. The summed E-state index contributed by atoms with van der Waals surface area (Å²) in [6.45, 7) is -0.224. The smallest absolute Gasteiger partial charge is 0.328 e. The van der Waals surface area contributed by atoms with Crippen molar-refractivity contribution in [1.82, 2.24) is 10.6 Å². The van der Waals surface area contributed by atoms with Gasteiger partial charge in [-0.2, -0.15) is 0 Å². The van der Waals surface area contributed by atoms with Gasteiger partial charge < -0.3 is 10.1 Å². The summed E-state index contributed by atoms with van der Waals surface area (Å²) in [5.41, 5.74) is 0.845. The standard InChI is InChI=1S/C19H14ClN3O5/c20-14-3-1-2-4-15(14)21-16(24)10-28-12-7-5-11(6-8-12)9-13-17(25)22-19(27)23-18(13)26/h1-9H,10H2,(H,21,24)(H2,22,23,25,26,27). The van der Waals surface area contributed by atoms with E-state index < -0.39 is 17.8 Å². The highest BCUT2D eigenvalue weighted by Crippen LogP contribution is 2.20. The fraction of sp³-hybridized carbons (Fsp3) is 0.0526. The molecule has 1 aliphatic rings. The number of nitrogens with one attached hydrogen (secondary N) is 3. The predicted molar refractivity (Wildman–Crippen MR) is 102 cm³/mol. The minimum Gasteiger partial charge on any atom is -0.484 e. The van der Waals surface area contributed by atoms with Crippen molar-refractivity contribution in [2.75, 3.05) is 11.9 Å². The van der Waals surface area contributed by atoms with E-state index in [1.165, 1.54) is 6.08 Å².